The van der Waals surface area contributed by atoms with Gasteiger partial charge in [-0.2, -0.15) is 0 Å². The molecule has 0 saturated carbocycles. The van der Waals surface area contributed by atoms with Crippen molar-refractivity contribution in [1.82, 2.24) is 5.32 Å². The van der Waals surface area contributed by atoms with E-state index in [2.05, 4.69) is 69.2 Å². The highest BCUT2D eigenvalue weighted by atomic mass is 16.5. The van der Waals surface area contributed by atoms with Crippen molar-refractivity contribution >= 4 is 23.1 Å². The fraction of sp³-hybridized carbons (Fsp3) is 0.353. The SMILES string of the molecule is C=C(C)c1ccc(NC(=O)C2=C(C3C=CC(NC(C)=O)=CC3)OC(c3ccc(C(C)(C)C)cc3)C(C)C2)cc1. The van der Waals surface area contributed by atoms with Crippen molar-refractivity contribution in [3.05, 3.63) is 107 Å². The first-order chi connectivity index (χ1) is 18.4. The lowest BCUT2D eigenvalue weighted by molar-refractivity contribution is -0.118. The molecule has 0 radical (unpaired) electrons. The van der Waals surface area contributed by atoms with E-state index in [1.54, 1.807) is 0 Å². The number of rotatable bonds is 6. The predicted octanol–water partition coefficient (Wildman–Crippen LogP) is 7.60. The Balaban J connectivity index is 1.64. The average Bonchev–Trinajstić information content (AvgIpc) is 2.88. The fourth-order valence-corrected chi connectivity index (χ4v) is 5.09. The maximum Gasteiger partial charge on any atom is 0.255 e. The maximum absolute atomic E-state index is 13.6. The molecule has 4 rings (SSSR count). The van der Waals surface area contributed by atoms with E-state index in [0.29, 0.717) is 24.2 Å². The summed E-state index contributed by atoms with van der Waals surface area (Å²) >= 11 is 0. The van der Waals surface area contributed by atoms with Crippen LogP contribution in [0.15, 0.2) is 90.4 Å². The van der Waals surface area contributed by atoms with E-state index in [1.165, 1.54) is 12.5 Å². The first kappa shape index (κ1) is 28.2. The lowest BCUT2D eigenvalue weighted by atomic mass is 9.82. The number of carbonyl (C=O) groups is 2. The van der Waals surface area contributed by atoms with Crippen LogP contribution in [-0.2, 0) is 19.7 Å². The number of hydrogen-bond acceptors (Lipinski definition) is 3. The van der Waals surface area contributed by atoms with Crippen LogP contribution in [0.4, 0.5) is 5.69 Å². The van der Waals surface area contributed by atoms with Crippen molar-refractivity contribution in [2.24, 2.45) is 11.8 Å². The van der Waals surface area contributed by atoms with E-state index in [1.807, 2.05) is 49.4 Å². The highest BCUT2D eigenvalue weighted by Crippen LogP contribution is 2.43. The van der Waals surface area contributed by atoms with E-state index in [-0.39, 0.29) is 35.2 Å². The minimum Gasteiger partial charge on any atom is -0.489 e. The van der Waals surface area contributed by atoms with Crippen LogP contribution >= 0.6 is 0 Å². The van der Waals surface area contributed by atoms with Crippen molar-refractivity contribution in [2.45, 2.75) is 65.9 Å². The quantitative estimate of drug-likeness (QED) is 0.409. The lowest BCUT2D eigenvalue weighted by Gasteiger charge is -2.36. The number of anilines is 1. The van der Waals surface area contributed by atoms with Gasteiger partial charge in [0.05, 0.1) is 5.57 Å². The average molecular weight is 525 g/mol. The topological polar surface area (TPSA) is 67.4 Å². The van der Waals surface area contributed by atoms with Crippen LogP contribution in [0.2, 0.25) is 0 Å². The molecule has 0 spiro atoms. The zero-order chi connectivity index (χ0) is 28.3. The maximum atomic E-state index is 13.6. The van der Waals surface area contributed by atoms with E-state index < -0.39 is 0 Å². The second-order valence-electron chi connectivity index (χ2n) is 11.8. The second-order valence-corrected chi connectivity index (χ2v) is 11.8. The Morgan fingerprint density at radius 1 is 0.974 bits per heavy atom. The molecule has 1 heterocycles. The minimum atomic E-state index is -0.158. The summed E-state index contributed by atoms with van der Waals surface area (Å²) in [4.78, 5) is 25.1. The molecule has 2 amide bonds. The zero-order valence-corrected chi connectivity index (χ0v) is 23.9. The van der Waals surface area contributed by atoms with E-state index in [4.69, 9.17) is 4.74 Å². The van der Waals surface area contributed by atoms with Gasteiger partial charge in [-0.25, -0.2) is 0 Å². The van der Waals surface area contributed by atoms with Crippen LogP contribution in [0, 0.1) is 11.8 Å². The number of nitrogens with one attached hydrogen (secondary N) is 2. The Bertz CT molecular complexity index is 1340. The van der Waals surface area contributed by atoms with Gasteiger partial charge >= 0.3 is 0 Å². The highest BCUT2D eigenvalue weighted by molar-refractivity contribution is 6.04. The van der Waals surface area contributed by atoms with Crippen molar-refractivity contribution in [3.8, 4) is 0 Å². The molecule has 2 N–H and O–H groups in total. The molecule has 2 aromatic rings. The second kappa shape index (κ2) is 11.5. The van der Waals surface area contributed by atoms with Crippen molar-refractivity contribution in [1.29, 1.82) is 0 Å². The van der Waals surface area contributed by atoms with Gasteiger partial charge in [-0.3, -0.25) is 9.59 Å². The number of amides is 2. The fourth-order valence-electron chi connectivity index (χ4n) is 5.09. The van der Waals surface area contributed by atoms with Gasteiger partial charge in [0.25, 0.3) is 5.91 Å². The molecule has 1 aliphatic carbocycles. The van der Waals surface area contributed by atoms with Gasteiger partial charge in [0.2, 0.25) is 5.91 Å². The summed E-state index contributed by atoms with van der Waals surface area (Å²) in [6.45, 7) is 16.2. The van der Waals surface area contributed by atoms with E-state index in [9.17, 15) is 9.59 Å². The van der Waals surface area contributed by atoms with E-state index >= 15 is 0 Å². The third kappa shape index (κ3) is 6.78. The molecule has 0 aromatic heterocycles. The molecule has 3 atom stereocenters. The summed E-state index contributed by atoms with van der Waals surface area (Å²) in [7, 11) is 0. The zero-order valence-electron chi connectivity index (χ0n) is 23.9. The summed E-state index contributed by atoms with van der Waals surface area (Å²) in [6.07, 6.45) is 6.97. The molecule has 3 unspecified atom stereocenters. The third-order valence-electron chi connectivity index (χ3n) is 7.37. The van der Waals surface area contributed by atoms with Crippen LogP contribution < -0.4 is 10.6 Å². The molecule has 2 aromatic carbocycles. The van der Waals surface area contributed by atoms with E-state index in [0.717, 1.165) is 28.1 Å². The number of carbonyl (C=O) groups excluding carboxylic acids is 2. The third-order valence-corrected chi connectivity index (χ3v) is 7.37. The summed E-state index contributed by atoms with van der Waals surface area (Å²) < 4.78 is 6.73. The summed E-state index contributed by atoms with van der Waals surface area (Å²) in [5.41, 5.74) is 6.63. The standard InChI is InChI=1S/C34H40N2O3/c1-21(2)24-10-16-29(17-11-24)36-33(38)30-20-22(3)31(25-8-14-27(15-9-25)34(5,6)7)39-32(30)26-12-18-28(19-13-26)35-23(4)37/h8-12,14-19,22,26,31H,1,13,20H2,2-7H3,(H,35,37)(H,36,38). The van der Waals surface area contributed by atoms with Gasteiger partial charge < -0.3 is 15.4 Å². The predicted molar refractivity (Wildman–Crippen MR) is 159 cm³/mol. The summed E-state index contributed by atoms with van der Waals surface area (Å²) in [5, 5.41) is 5.91. The highest BCUT2D eigenvalue weighted by Gasteiger charge is 2.36. The Labute approximate surface area is 232 Å². The normalized spacial score (nSPS) is 21.1. The van der Waals surface area contributed by atoms with Crippen LogP contribution in [-0.4, -0.2) is 11.8 Å². The molecular formula is C34H40N2O3. The molecule has 204 valence electrons. The molecule has 1 aliphatic heterocycles. The number of benzene rings is 2. The molecule has 2 aliphatic rings. The van der Waals surface area contributed by atoms with Crippen molar-refractivity contribution in [3.63, 3.8) is 0 Å². The minimum absolute atomic E-state index is 0.0707. The van der Waals surface area contributed by atoms with Gasteiger partial charge in [0.15, 0.2) is 0 Å². The molecular weight excluding hydrogens is 484 g/mol. The van der Waals surface area contributed by atoms with Crippen molar-refractivity contribution in [2.75, 3.05) is 5.32 Å². The Kier molecular flexibility index (Phi) is 8.29. The Hall–Kier alpha value is -3.86. The number of allylic oxidation sites excluding steroid dienone is 4. The molecule has 39 heavy (non-hydrogen) atoms. The van der Waals surface area contributed by atoms with Gasteiger partial charge in [0.1, 0.15) is 11.9 Å². The first-order valence-electron chi connectivity index (χ1n) is 13.7. The lowest BCUT2D eigenvalue weighted by Crippen LogP contribution is -2.30. The van der Waals surface area contributed by atoms with Crippen LogP contribution in [0.25, 0.3) is 5.57 Å². The van der Waals surface area contributed by atoms with Gasteiger partial charge in [0, 0.05) is 30.1 Å². The molecule has 0 saturated heterocycles. The largest absolute Gasteiger partial charge is 0.489 e. The molecule has 0 fully saturated rings. The van der Waals surface area contributed by atoms with Gasteiger partial charge in [-0.15, -0.1) is 0 Å². The Morgan fingerprint density at radius 2 is 1.64 bits per heavy atom. The monoisotopic (exact) mass is 524 g/mol. The van der Waals surface area contributed by atoms with Crippen LogP contribution in [0.1, 0.15) is 77.2 Å². The molecule has 5 nitrogen and oxygen atoms in total. The van der Waals surface area contributed by atoms with Gasteiger partial charge in [-0.1, -0.05) is 88.4 Å². The van der Waals surface area contributed by atoms with Crippen LogP contribution in [0.5, 0.6) is 0 Å². The molecule has 5 heteroatoms. The molecule has 0 bridgehead atoms. The number of ether oxygens (including phenoxy) is 1. The smallest absolute Gasteiger partial charge is 0.255 e. The van der Waals surface area contributed by atoms with Gasteiger partial charge in [-0.05, 0) is 60.1 Å². The number of hydrogen-bond donors (Lipinski definition) is 2. The Morgan fingerprint density at radius 3 is 2.18 bits per heavy atom. The summed E-state index contributed by atoms with van der Waals surface area (Å²) in [5.74, 6) is 0.453. The first-order valence-corrected chi connectivity index (χ1v) is 13.7. The van der Waals surface area contributed by atoms with Crippen molar-refractivity contribution < 1.29 is 14.3 Å². The summed E-state index contributed by atoms with van der Waals surface area (Å²) in [6, 6.07) is 16.4. The van der Waals surface area contributed by atoms with Crippen LogP contribution in [0.3, 0.4) is 0 Å².